The van der Waals surface area contributed by atoms with Crippen molar-refractivity contribution in [3.63, 3.8) is 0 Å². The van der Waals surface area contributed by atoms with Gasteiger partial charge in [0.05, 0.1) is 11.7 Å². The number of likely N-dealkylation sites (N-methyl/N-ethyl adjacent to an activating group) is 2. The Balaban J connectivity index is 2.06. The molecule has 20 heavy (non-hydrogen) atoms. The Morgan fingerprint density at radius 3 is 3.00 bits per heavy atom. The Morgan fingerprint density at radius 1 is 1.45 bits per heavy atom. The molecule has 1 aliphatic rings. The summed E-state index contributed by atoms with van der Waals surface area (Å²) in [7, 11) is 4.44. The molecule has 4 nitrogen and oxygen atoms in total. The van der Waals surface area contributed by atoms with Crippen LogP contribution in [0.5, 0.6) is 0 Å². The van der Waals surface area contributed by atoms with Gasteiger partial charge in [0.15, 0.2) is 0 Å². The van der Waals surface area contributed by atoms with Crippen LogP contribution in [0.1, 0.15) is 49.5 Å². The van der Waals surface area contributed by atoms with Crippen LogP contribution in [-0.2, 0) is 0 Å². The summed E-state index contributed by atoms with van der Waals surface area (Å²) in [6.07, 6.45) is 2.41. The molecule has 0 aromatic carbocycles. The van der Waals surface area contributed by atoms with Gasteiger partial charge in [0.2, 0.25) is 0 Å². The van der Waals surface area contributed by atoms with Gasteiger partial charge < -0.3 is 10.2 Å². The summed E-state index contributed by atoms with van der Waals surface area (Å²) in [5, 5.41) is 7.01. The average Bonchev–Trinajstić information content (AvgIpc) is 2.85. The number of nitrogens with zero attached hydrogens (tertiary/aromatic N) is 3. The van der Waals surface area contributed by atoms with Gasteiger partial charge in [0.25, 0.3) is 0 Å². The van der Waals surface area contributed by atoms with Crippen LogP contribution in [0, 0.1) is 0 Å². The molecule has 1 aromatic rings. The topological polar surface area (TPSA) is 31.4 Å². The van der Waals surface area contributed by atoms with E-state index >= 15 is 0 Å². The van der Waals surface area contributed by atoms with Crippen LogP contribution in [-0.4, -0.2) is 55.1 Å². The molecular weight excluding hydrogens is 268 g/mol. The standard InChI is InChI=1S/C15H28N4S/c1-5-7-16-12(2)13-11-20-15(17-13)14-10-18(3)8-6-9-19(14)4/h11-12,14,16H,5-10H2,1-4H3. The number of rotatable bonds is 5. The Morgan fingerprint density at radius 2 is 2.25 bits per heavy atom. The fourth-order valence-electron chi connectivity index (χ4n) is 2.66. The van der Waals surface area contributed by atoms with Gasteiger partial charge in [-0.3, -0.25) is 4.90 Å². The summed E-state index contributed by atoms with van der Waals surface area (Å²) >= 11 is 1.81. The van der Waals surface area contributed by atoms with E-state index in [4.69, 9.17) is 4.98 Å². The van der Waals surface area contributed by atoms with Crippen LogP contribution in [0.2, 0.25) is 0 Å². The third-order valence-electron chi connectivity index (χ3n) is 4.04. The molecule has 1 saturated heterocycles. The highest BCUT2D eigenvalue weighted by atomic mass is 32.1. The van der Waals surface area contributed by atoms with E-state index in [1.54, 1.807) is 0 Å². The first-order valence-corrected chi connectivity index (χ1v) is 8.57. The number of hydrogen-bond donors (Lipinski definition) is 1. The third kappa shape index (κ3) is 4.01. The van der Waals surface area contributed by atoms with Crippen molar-refractivity contribution in [1.82, 2.24) is 20.1 Å². The maximum atomic E-state index is 4.90. The van der Waals surface area contributed by atoms with E-state index in [2.05, 4.69) is 48.4 Å². The van der Waals surface area contributed by atoms with Crippen molar-refractivity contribution in [2.75, 3.05) is 40.3 Å². The SMILES string of the molecule is CCCNC(C)c1csc(C2CN(C)CCCN2C)n1. The molecule has 2 atom stereocenters. The molecule has 5 heteroatoms. The number of thiazole rings is 1. The van der Waals surface area contributed by atoms with E-state index in [1.807, 2.05) is 11.3 Å². The van der Waals surface area contributed by atoms with Crippen LogP contribution in [0.25, 0.3) is 0 Å². The van der Waals surface area contributed by atoms with E-state index in [-0.39, 0.29) is 0 Å². The zero-order valence-corrected chi connectivity index (χ0v) is 14.0. The minimum absolute atomic E-state index is 0.355. The summed E-state index contributed by atoms with van der Waals surface area (Å²) < 4.78 is 0. The molecule has 1 fully saturated rings. The molecule has 0 bridgehead atoms. The molecule has 0 aliphatic carbocycles. The van der Waals surface area contributed by atoms with Crippen molar-refractivity contribution in [3.05, 3.63) is 16.1 Å². The molecule has 1 aromatic heterocycles. The van der Waals surface area contributed by atoms with Crippen molar-refractivity contribution < 1.29 is 0 Å². The minimum atomic E-state index is 0.355. The van der Waals surface area contributed by atoms with Crippen molar-refractivity contribution >= 4 is 11.3 Å². The van der Waals surface area contributed by atoms with Gasteiger partial charge in [-0.2, -0.15) is 0 Å². The zero-order chi connectivity index (χ0) is 14.5. The fourth-order valence-corrected chi connectivity index (χ4v) is 3.72. The lowest BCUT2D eigenvalue weighted by atomic mass is 10.2. The van der Waals surface area contributed by atoms with E-state index < -0.39 is 0 Å². The van der Waals surface area contributed by atoms with Gasteiger partial charge in [0.1, 0.15) is 5.01 Å². The van der Waals surface area contributed by atoms with Crippen LogP contribution in [0.4, 0.5) is 0 Å². The second-order valence-corrected chi connectivity index (χ2v) is 6.79. The lowest BCUT2D eigenvalue weighted by molar-refractivity contribution is 0.228. The monoisotopic (exact) mass is 296 g/mol. The smallest absolute Gasteiger partial charge is 0.111 e. The van der Waals surface area contributed by atoms with Gasteiger partial charge >= 0.3 is 0 Å². The maximum Gasteiger partial charge on any atom is 0.111 e. The van der Waals surface area contributed by atoms with Gasteiger partial charge in [0, 0.05) is 18.0 Å². The number of nitrogens with one attached hydrogen (secondary N) is 1. The summed E-state index contributed by atoms with van der Waals surface area (Å²) in [5.74, 6) is 0. The molecule has 2 rings (SSSR count). The van der Waals surface area contributed by atoms with Gasteiger partial charge in [-0.05, 0) is 53.5 Å². The summed E-state index contributed by atoms with van der Waals surface area (Å²) in [6.45, 7) is 8.89. The van der Waals surface area contributed by atoms with Crippen LogP contribution in [0.3, 0.4) is 0 Å². The molecule has 2 unspecified atom stereocenters. The highest BCUT2D eigenvalue weighted by molar-refractivity contribution is 7.09. The second-order valence-electron chi connectivity index (χ2n) is 5.90. The minimum Gasteiger partial charge on any atom is -0.309 e. The molecule has 0 saturated carbocycles. The molecule has 2 heterocycles. The van der Waals surface area contributed by atoms with E-state index in [0.29, 0.717) is 12.1 Å². The molecule has 1 N–H and O–H groups in total. The summed E-state index contributed by atoms with van der Waals surface area (Å²) in [5.41, 5.74) is 1.19. The van der Waals surface area contributed by atoms with Crippen molar-refractivity contribution in [1.29, 1.82) is 0 Å². The van der Waals surface area contributed by atoms with Crippen molar-refractivity contribution in [2.45, 2.75) is 38.8 Å². The Bertz CT molecular complexity index is 406. The van der Waals surface area contributed by atoms with Gasteiger partial charge in [-0.1, -0.05) is 6.92 Å². The molecule has 0 spiro atoms. The summed E-state index contributed by atoms with van der Waals surface area (Å²) in [4.78, 5) is 9.78. The normalized spacial score (nSPS) is 23.7. The Kier molecular flexibility index (Phi) is 5.96. The average molecular weight is 296 g/mol. The predicted molar refractivity (Wildman–Crippen MR) is 86.3 cm³/mol. The van der Waals surface area contributed by atoms with Crippen LogP contribution in [0.15, 0.2) is 5.38 Å². The predicted octanol–water partition coefficient (Wildman–Crippen LogP) is 2.51. The first-order valence-electron chi connectivity index (χ1n) is 7.69. The molecule has 0 radical (unpaired) electrons. The Labute approximate surface area is 127 Å². The maximum absolute atomic E-state index is 4.90. The van der Waals surface area contributed by atoms with Gasteiger partial charge in [-0.25, -0.2) is 4.98 Å². The quantitative estimate of drug-likeness (QED) is 0.905. The molecule has 114 valence electrons. The lowest BCUT2D eigenvalue weighted by Gasteiger charge is -2.25. The molecule has 0 amide bonds. The zero-order valence-electron chi connectivity index (χ0n) is 13.2. The van der Waals surface area contributed by atoms with E-state index in [0.717, 1.165) is 26.1 Å². The molecule has 1 aliphatic heterocycles. The fraction of sp³-hybridized carbons (Fsp3) is 0.800. The Hall–Kier alpha value is -0.490. The highest BCUT2D eigenvalue weighted by Crippen LogP contribution is 2.27. The van der Waals surface area contributed by atoms with Crippen molar-refractivity contribution in [2.24, 2.45) is 0 Å². The number of aromatic nitrogens is 1. The molecular formula is C15H28N4S. The summed E-state index contributed by atoms with van der Waals surface area (Å²) in [6, 6.07) is 0.799. The first kappa shape index (κ1) is 15.9. The highest BCUT2D eigenvalue weighted by Gasteiger charge is 2.25. The first-order chi connectivity index (χ1) is 9.61. The van der Waals surface area contributed by atoms with Crippen LogP contribution < -0.4 is 5.32 Å². The van der Waals surface area contributed by atoms with Crippen molar-refractivity contribution in [3.8, 4) is 0 Å². The van der Waals surface area contributed by atoms with Crippen LogP contribution >= 0.6 is 11.3 Å². The second kappa shape index (κ2) is 7.50. The third-order valence-corrected chi connectivity index (χ3v) is 5.00. The number of hydrogen-bond acceptors (Lipinski definition) is 5. The largest absolute Gasteiger partial charge is 0.309 e. The van der Waals surface area contributed by atoms with E-state index in [9.17, 15) is 0 Å². The van der Waals surface area contributed by atoms with Gasteiger partial charge in [-0.15, -0.1) is 11.3 Å². The van der Waals surface area contributed by atoms with E-state index in [1.165, 1.54) is 23.7 Å². The lowest BCUT2D eigenvalue weighted by Crippen LogP contribution is -2.30.